The van der Waals surface area contributed by atoms with Gasteiger partial charge in [0.1, 0.15) is 0 Å². The van der Waals surface area contributed by atoms with E-state index in [1.165, 1.54) is 0 Å². The number of pyridine rings is 1. The Kier molecular flexibility index (Phi) is 6.12. The van der Waals surface area contributed by atoms with Gasteiger partial charge in [0.25, 0.3) is 11.8 Å². The van der Waals surface area contributed by atoms with Crippen molar-refractivity contribution in [2.75, 3.05) is 30.5 Å². The molecule has 2 amide bonds. The molecule has 0 spiro atoms. The van der Waals surface area contributed by atoms with Crippen molar-refractivity contribution in [2.45, 2.75) is 12.8 Å². The number of fused-ring (bicyclic) bond motifs is 1. The molecule has 0 saturated heterocycles. The zero-order valence-electron chi connectivity index (χ0n) is 17.2. The number of para-hydroxylation sites is 2. The first-order valence-electron chi connectivity index (χ1n) is 10.1. The highest BCUT2D eigenvalue weighted by molar-refractivity contribution is 6.06. The van der Waals surface area contributed by atoms with Crippen molar-refractivity contribution < 1.29 is 19.1 Å². The first-order chi connectivity index (χ1) is 15.2. The molecule has 4 rings (SSSR count). The fourth-order valence-corrected chi connectivity index (χ4v) is 3.61. The van der Waals surface area contributed by atoms with Crippen LogP contribution in [-0.2, 0) is 11.2 Å². The zero-order chi connectivity index (χ0) is 21.6. The highest BCUT2D eigenvalue weighted by Gasteiger charge is 2.24. The van der Waals surface area contributed by atoms with E-state index in [2.05, 4.69) is 10.3 Å². The van der Waals surface area contributed by atoms with Gasteiger partial charge in [0, 0.05) is 30.3 Å². The van der Waals surface area contributed by atoms with Crippen LogP contribution >= 0.6 is 0 Å². The van der Waals surface area contributed by atoms with Gasteiger partial charge in [0.2, 0.25) is 0 Å². The van der Waals surface area contributed by atoms with Crippen molar-refractivity contribution in [2.24, 2.45) is 0 Å². The van der Waals surface area contributed by atoms with E-state index in [9.17, 15) is 9.59 Å². The number of methoxy groups -OCH3 is 1. The van der Waals surface area contributed by atoms with Gasteiger partial charge in [0.15, 0.2) is 18.1 Å². The molecule has 2 aromatic carbocycles. The molecule has 0 fully saturated rings. The smallest absolute Gasteiger partial charge is 0.262 e. The molecule has 0 unspecified atom stereocenters. The quantitative estimate of drug-likeness (QED) is 0.661. The average molecular weight is 417 g/mol. The Balaban J connectivity index is 1.43. The van der Waals surface area contributed by atoms with E-state index >= 15 is 0 Å². The van der Waals surface area contributed by atoms with E-state index in [1.807, 2.05) is 24.3 Å². The summed E-state index contributed by atoms with van der Waals surface area (Å²) in [6, 6.07) is 16.3. The monoisotopic (exact) mass is 417 g/mol. The Morgan fingerprint density at radius 1 is 1.10 bits per heavy atom. The van der Waals surface area contributed by atoms with Gasteiger partial charge in [-0.1, -0.05) is 12.1 Å². The van der Waals surface area contributed by atoms with Crippen LogP contribution in [-0.4, -0.2) is 37.1 Å². The lowest BCUT2D eigenvalue weighted by atomic mass is 10.00. The lowest BCUT2D eigenvalue weighted by molar-refractivity contribution is -0.118. The SMILES string of the molecule is COc1ccccc1OCC(=O)Nc1ccc2c(c1)CCCN2C(=O)c1cccnc1. The number of amides is 2. The topological polar surface area (TPSA) is 80.8 Å². The minimum Gasteiger partial charge on any atom is -0.493 e. The summed E-state index contributed by atoms with van der Waals surface area (Å²) in [5.41, 5.74) is 3.11. The van der Waals surface area contributed by atoms with Gasteiger partial charge in [-0.3, -0.25) is 14.6 Å². The number of carbonyl (C=O) groups excluding carboxylic acids is 2. The lowest BCUT2D eigenvalue weighted by Gasteiger charge is -2.30. The largest absolute Gasteiger partial charge is 0.493 e. The molecule has 0 bridgehead atoms. The van der Waals surface area contributed by atoms with E-state index < -0.39 is 0 Å². The maximum Gasteiger partial charge on any atom is 0.262 e. The lowest BCUT2D eigenvalue weighted by Crippen LogP contribution is -2.35. The fraction of sp³-hybridized carbons (Fsp3) is 0.208. The number of hydrogen-bond donors (Lipinski definition) is 1. The number of anilines is 2. The molecule has 7 nitrogen and oxygen atoms in total. The number of nitrogens with zero attached hydrogens (tertiary/aromatic N) is 2. The van der Waals surface area contributed by atoms with Crippen LogP contribution in [0, 0.1) is 0 Å². The Bertz CT molecular complexity index is 1090. The standard InChI is InChI=1S/C24H23N3O4/c1-30-21-8-2-3-9-22(21)31-16-23(28)26-19-10-11-20-17(14-19)7-5-13-27(20)24(29)18-6-4-12-25-15-18/h2-4,6,8-12,14-15H,5,7,13,16H2,1H3,(H,26,28). The third kappa shape index (κ3) is 4.66. The Morgan fingerprint density at radius 3 is 2.71 bits per heavy atom. The van der Waals surface area contributed by atoms with Crippen LogP contribution < -0.4 is 19.7 Å². The minimum absolute atomic E-state index is 0.0731. The average Bonchev–Trinajstić information content (AvgIpc) is 2.82. The van der Waals surface area contributed by atoms with Gasteiger partial charge in [-0.25, -0.2) is 0 Å². The van der Waals surface area contributed by atoms with Crippen LogP contribution in [0.25, 0.3) is 0 Å². The van der Waals surface area contributed by atoms with E-state index in [4.69, 9.17) is 9.47 Å². The van der Waals surface area contributed by atoms with Crippen LogP contribution in [0.3, 0.4) is 0 Å². The zero-order valence-corrected chi connectivity index (χ0v) is 17.2. The maximum absolute atomic E-state index is 12.9. The molecule has 1 aromatic heterocycles. The number of rotatable bonds is 6. The van der Waals surface area contributed by atoms with Gasteiger partial charge in [0.05, 0.1) is 12.7 Å². The third-order valence-electron chi connectivity index (χ3n) is 5.06. The second kappa shape index (κ2) is 9.30. The molecule has 3 aromatic rings. The number of aromatic nitrogens is 1. The predicted octanol–water partition coefficient (Wildman–Crippen LogP) is 3.70. The minimum atomic E-state index is -0.273. The van der Waals surface area contributed by atoms with Crippen LogP contribution in [0.1, 0.15) is 22.3 Å². The second-order valence-electron chi connectivity index (χ2n) is 7.13. The molecule has 158 valence electrons. The van der Waals surface area contributed by atoms with Crippen LogP contribution in [0.5, 0.6) is 11.5 Å². The Hall–Kier alpha value is -3.87. The first-order valence-corrected chi connectivity index (χ1v) is 10.1. The summed E-state index contributed by atoms with van der Waals surface area (Å²) in [6.45, 7) is 0.516. The molecule has 31 heavy (non-hydrogen) atoms. The van der Waals surface area contributed by atoms with Gasteiger partial charge < -0.3 is 19.7 Å². The van der Waals surface area contributed by atoms with Crippen LogP contribution in [0.15, 0.2) is 67.0 Å². The van der Waals surface area contributed by atoms with Crippen LogP contribution in [0.2, 0.25) is 0 Å². The summed E-state index contributed by atoms with van der Waals surface area (Å²) in [7, 11) is 1.55. The van der Waals surface area contributed by atoms with Gasteiger partial charge >= 0.3 is 0 Å². The molecule has 0 aliphatic carbocycles. The summed E-state index contributed by atoms with van der Waals surface area (Å²) in [6.07, 6.45) is 4.92. The number of nitrogens with one attached hydrogen (secondary N) is 1. The van der Waals surface area contributed by atoms with Gasteiger partial charge in [-0.05, 0) is 60.9 Å². The normalized spacial score (nSPS) is 12.6. The molecule has 2 heterocycles. The van der Waals surface area contributed by atoms with Crippen molar-refractivity contribution in [1.29, 1.82) is 0 Å². The van der Waals surface area contributed by atoms with Crippen LogP contribution in [0.4, 0.5) is 11.4 Å². The predicted molar refractivity (Wildman–Crippen MR) is 118 cm³/mol. The molecule has 0 radical (unpaired) electrons. The summed E-state index contributed by atoms with van der Waals surface area (Å²) in [4.78, 5) is 31.1. The molecule has 1 aliphatic heterocycles. The molecular formula is C24H23N3O4. The Morgan fingerprint density at radius 2 is 1.94 bits per heavy atom. The number of hydrogen-bond acceptors (Lipinski definition) is 5. The first kappa shape index (κ1) is 20.4. The van der Waals surface area contributed by atoms with E-state index in [-0.39, 0.29) is 18.4 Å². The summed E-state index contributed by atoms with van der Waals surface area (Å²) >= 11 is 0. The molecule has 7 heteroatoms. The van der Waals surface area contributed by atoms with Crippen molar-refractivity contribution in [3.05, 3.63) is 78.1 Å². The number of carbonyl (C=O) groups is 2. The fourth-order valence-electron chi connectivity index (χ4n) is 3.61. The molecule has 0 saturated carbocycles. The summed E-state index contributed by atoms with van der Waals surface area (Å²) < 4.78 is 10.8. The Labute approximate surface area is 180 Å². The summed E-state index contributed by atoms with van der Waals surface area (Å²) in [5, 5.41) is 2.86. The molecule has 1 N–H and O–H groups in total. The van der Waals surface area contributed by atoms with E-state index in [0.29, 0.717) is 29.3 Å². The van der Waals surface area contributed by atoms with Gasteiger partial charge in [-0.15, -0.1) is 0 Å². The van der Waals surface area contributed by atoms with Crippen molar-refractivity contribution in [3.8, 4) is 11.5 Å². The highest BCUT2D eigenvalue weighted by atomic mass is 16.5. The van der Waals surface area contributed by atoms with Crippen molar-refractivity contribution in [1.82, 2.24) is 4.98 Å². The van der Waals surface area contributed by atoms with Crippen molar-refractivity contribution in [3.63, 3.8) is 0 Å². The number of benzene rings is 2. The maximum atomic E-state index is 12.9. The number of ether oxygens (including phenoxy) is 2. The molecule has 1 aliphatic rings. The highest BCUT2D eigenvalue weighted by Crippen LogP contribution is 2.31. The third-order valence-corrected chi connectivity index (χ3v) is 5.06. The van der Waals surface area contributed by atoms with Crippen molar-refractivity contribution >= 4 is 23.2 Å². The number of aryl methyl sites for hydroxylation is 1. The molecule has 0 atom stereocenters. The second-order valence-corrected chi connectivity index (χ2v) is 7.13. The van der Waals surface area contributed by atoms with E-state index in [1.54, 1.807) is 54.7 Å². The molecular weight excluding hydrogens is 394 g/mol. The van der Waals surface area contributed by atoms with Gasteiger partial charge in [-0.2, -0.15) is 0 Å². The summed E-state index contributed by atoms with van der Waals surface area (Å²) in [5.74, 6) is 0.735. The van der Waals surface area contributed by atoms with E-state index in [0.717, 1.165) is 24.1 Å².